The van der Waals surface area contributed by atoms with Crippen molar-refractivity contribution in [2.24, 2.45) is 28.4 Å². The number of fused-ring (bicyclic) bond motifs is 2. The molecule has 19 heavy (non-hydrogen) atoms. The number of nitrogens with two attached hydrogens (primary N) is 1. The third-order valence-electron chi connectivity index (χ3n) is 6.62. The molecule has 4 atom stereocenters. The summed E-state index contributed by atoms with van der Waals surface area (Å²) in [4.78, 5) is 12.1. The van der Waals surface area contributed by atoms with E-state index >= 15 is 0 Å². The summed E-state index contributed by atoms with van der Waals surface area (Å²) in [7, 11) is 0. The van der Waals surface area contributed by atoms with Gasteiger partial charge in [0.15, 0.2) is 0 Å². The monoisotopic (exact) mass is 265 g/mol. The number of hydrogen-bond donors (Lipinski definition) is 1. The lowest BCUT2D eigenvalue weighted by Gasteiger charge is -2.38. The van der Waals surface area contributed by atoms with Gasteiger partial charge in [-0.05, 0) is 49.4 Å². The highest BCUT2D eigenvalue weighted by atomic mass is 16.5. The Bertz CT molecular complexity index is 388. The maximum absolute atomic E-state index is 12.1. The molecule has 3 heteroatoms. The van der Waals surface area contributed by atoms with Crippen molar-refractivity contribution >= 4 is 5.97 Å². The van der Waals surface area contributed by atoms with Crippen LogP contribution in [0.5, 0.6) is 0 Å². The summed E-state index contributed by atoms with van der Waals surface area (Å²) in [6.45, 7) is 6.99. The van der Waals surface area contributed by atoms with E-state index in [0.29, 0.717) is 23.7 Å². The molecule has 0 radical (unpaired) electrons. The number of rotatable bonds is 4. The Morgan fingerprint density at radius 3 is 2.47 bits per heavy atom. The van der Waals surface area contributed by atoms with Crippen LogP contribution in [0, 0.1) is 22.7 Å². The summed E-state index contributed by atoms with van der Waals surface area (Å²) in [5.41, 5.74) is 6.48. The van der Waals surface area contributed by atoms with Gasteiger partial charge in [-0.1, -0.05) is 20.8 Å². The third kappa shape index (κ3) is 2.01. The summed E-state index contributed by atoms with van der Waals surface area (Å²) < 4.78 is 5.81. The molecule has 3 aliphatic carbocycles. The highest BCUT2D eigenvalue weighted by Crippen LogP contribution is 2.66. The normalized spacial score (nSPS) is 41.3. The van der Waals surface area contributed by atoms with Crippen LogP contribution in [0.1, 0.15) is 59.3 Å². The summed E-state index contributed by atoms with van der Waals surface area (Å²) in [5.74, 6) is 1.21. The van der Waals surface area contributed by atoms with Crippen LogP contribution in [0.15, 0.2) is 0 Å². The van der Waals surface area contributed by atoms with Gasteiger partial charge in [-0.2, -0.15) is 0 Å². The molecule has 4 unspecified atom stereocenters. The minimum absolute atomic E-state index is 0.0203. The molecule has 2 bridgehead atoms. The summed E-state index contributed by atoms with van der Waals surface area (Å²) in [6, 6.07) is 0.0203. The quantitative estimate of drug-likeness (QED) is 0.795. The predicted molar refractivity (Wildman–Crippen MR) is 74.4 cm³/mol. The maximum Gasteiger partial charge on any atom is 0.307 e. The summed E-state index contributed by atoms with van der Waals surface area (Å²) >= 11 is 0. The Labute approximate surface area is 116 Å². The van der Waals surface area contributed by atoms with E-state index in [0.717, 1.165) is 6.42 Å². The largest absolute Gasteiger partial charge is 0.462 e. The van der Waals surface area contributed by atoms with Gasteiger partial charge in [0.2, 0.25) is 0 Å². The van der Waals surface area contributed by atoms with Crippen LogP contribution in [0.2, 0.25) is 0 Å². The number of carbonyl (C=O) groups is 1. The number of hydrogen-bond acceptors (Lipinski definition) is 3. The van der Waals surface area contributed by atoms with Gasteiger partial charge in [-0.25, -0.2) is 0 Å². The molecule has 0 saturated heterocycles. The van der Waals surface area contributed by atoms with Crippen molar-refractivity contribution in [2.45, 2.75) is 71.4 Å². The first-order chi connectivity index (χ1) is 8.84. The zero-order chi connectivity index (χ0) is 13.8. The van der Waals surface area contributed by atoms with Crippen LogP contribution < -0.4 is 5.73 Å². The van der Waals surface area contributed by atoms with Gasteiger partial charge >= 0.3 is 5.97 Å². The lowest BCUT2D eigenvalue weighted by Crippen LogP contribution is -2.39. The van der Waals surface area contributed by atoms with Crippen molar-refractivity contribution < 1.29 is 9.53 Å². The molecule has 3 aliphatic rings. The Balaban J connectivity index is 1.60. The fraction of sp³-hybridized carbons (Fsp3) is 0.938. The molecule has 0 aliphatic heterocycles. The molecule has 0 aromatic rings. The minimum atomic E-state index is -0.0750. The smallest absolute Gasteiger partial charge is 0.307 e. The van der Waals surface area contributed by atoms with Crippen molar-refractivity contribution in [1.82, 2.24) is 0 Å². The Morgan fingerprint density at radius 1 is 1.32 bits per heavy atom. The van der Waals surface area contributed by atoms with Crippen LogP contribution in [0.4, 0.5) is 0 Å². The fourth-order valence-corrected chi connectivity index (χ4v) is 4.40. The molecular weight excluding hydrogens is 238 g/mol. The first kappa shape index (κ1) is 13.4. The average Bonchev–Trinajstić information content (AvgIpc) is 3.10. The van der Waals surface area contributed by atoms with Gasteiger partial charge < -0.3 is 10.5 Å². The van der Waals surface area contributed by atoms with Crippen molar-refractivity contribution in [2.75, 3.05) is 0 Å². The second-order valence-electron chi connectivity index (χ2n) is 7.79. The van der Waals surface area contributed by atoms with Gasteiger partial charge in [-0.15, -0.1) is 0 Å². The second-order valence-corrected chi connectivity index (χ2v) is 7.79. The van der Waals surface area contributed by atoms with E-state index in [1.807, 2.05) is 0 Å². The van der Waals surface area contributed by atoms with Crippen molar-refractivity contribution in [3.05, 3.63) is 0 Å². The molecule has 0 aromatic carbocycles. The van der Waals surface area contributed by atoms with Crippen molar-refractivity contribution in [3.63, 3.8) is 0 Å². The minimum Gasteiger partial charge on any atom is -0.462 e. The Hall–Kier alpha value is -0.570. The Morgan fingerprint density at radius 2 is 2.00 bits per heavy atom. The van der Waals surface area contributed by atoms with Gasteiger partial charge in [0.05, 0.1) is 6.42 Å². The standard InChI is InChI=1S/C16H27NO2/c1-15(2)11-6-7-16(15,3)13(8-11)19-14(18)9-12(17)10-4-5-10/h10-13H,4-9,17H2,1-3H3. The molecule has 0 heterocycles. The first-order valence-electron chi connectivity index (χ1n) is 7.79. The van der Waals surface area contributed by atoms with Gasteiger partial charge in [0, 0.05) is 11.5 Å². The zero-order valence-electron chi connectivity index (χ0n) is 12.4. The molecule has 3 rings (SSSR count). The number of ether oxygens (including phenoxy) is 1. The molecular formula is C16H27NO2. The van der Waals surface area contributed by atoms with Crippen LogP contribution in [0.25, 0.3) is 0 Å². The van der Waals surface area contributed by atoms with Crippen molar-refractivity contribution in [3.8, 4) is 0 Å². The molecule has 3 nitrogen and oxygen atoms in total. The lowest BCUT2D eigenvalue weighted by molar-refractivity contribution is -0.157. The van der Waals surface area contributed by atoms with E-state index in [1.165, 1.54) is 25.7 Å². The molecule has 3 saturated carbocycles. The van der Waals surface area contributed by atoms with E-state index in [-0.39, 0.29) is 23.5 Å². The topological polar surface area (TPSA) is 52.3 Å². The summed E-state index contributed by atoms with van der Waals surface area (Å²) in [5, 5.41) is 0. The van der Waals surface area contributed by atoms with E-state index in [1.54, 1.807) is 0 Å². The average molecular weight is 265 g/mol. The first-order valence-corrected chi connectivity index (χ1v) is 7.79. The lowest BCUT2D eigenvalue weighted by atomic mass is 9.70. The fourth-order valence-electron chi connectivity index (χ4n) is 4.40. The van der Waals surface area contributed by atoms with E-state index in [9.17, 15) is 4.79 Å². The van der Waals surface area contributed by atoms with Gasteiger partial charge in [-0.3, -0.25) is 4.79 Å². The maximum atomic E-state index is 12.1. The molecule has 0 spiro atoms. The molecule has 0 amide bonds. The third-order valence-corrected chi connectivity index (χ3v) is 6.62. The Kier molecular flexibility index (Phi) is 2.97. The predicted octanol–water partition coefficient (Wildman–Crippen LogP) is 2.87. The van der Waals surface area contributed by atoms with Crippen LogP contribution in [-0.2, 0) is 9.53 Å². The van der Waals surface area contributed by atoms with E-state index in [4.69, 9.17) is 10.5 Å². The molecule has 108 valence electrons. The molecule has 2 N–H and O–H groups in total. The van der Waals surface area contributed by atoms with Crippen LogP contribution in [-0.4, -0.2) is 18.1 Å². The van der Waals surface area contributed by atoms with Crippen LogP contribution in [0.3, 0.4) is 0 Å². The number of esters is 1. The molecule has 0 aromatic heterocycles. The van der Waals surface area contributed by atoms with Crippen LogP contribution >= 0.6 is 0 Å². The van der Waals surface area contributed by atoms with E-state index < -0.39 is 0 Å². The van der Waals surface area contributed by atoms with Crippen molar-refractivity contribution in [1.29, 1.82) is 0 Å². The number of carbonyl (C=O) groups excluding carboxylic acids is 1. The molecule has 3 fully saturated rings. The highest BCUT2D eigenvalue weighted by Gasteiger charge is 2.62. The van der Waals surface area contributed by atoms with E-state index in [2.05, 4.69) is 20.8 Å². The zero-order valence-corrected chi connectivity index (χ0v) is 12.4. The SMILES string of the molecule is CC1(C)C2CCC1(C)C(OC(=O)CC(N)C1CC1)C2. The summed E-state index contributed by atoms with van der Waals surface area (Å²) in [6.07, 6.45) is 6.42. The highest BCUT2D eigenvalue weighted by molar-refractivity contribution is 5.70. The van der Waals surface area contributed by atoms with Gasteiger partial charge in [0.1, 0.15) is 6.10 Å². The van der Waals surface area contributed by atoms with Gasteiger partial charge in [0.25, 0.3) is 0 Å². The second kappa shape index (κ2) is 4.21.